The zero-order chi connectivity index (χ0) is 28.8. The average Bonchev–Trinajstić information content (AvgIpc) is 3.51. The first-order valence-corrected chi connectivity index (χ1v) is 14.3. The second-order valence-corrected chi connectivity index (χ2v) is 11.7. The normalized spacial score (nSPS) is 24.0. The summed E-state index contributed by atoms with van der Waals surface area (Å²) in [5.41, 5.74) is 3.21. The van der Waals surface area contributed by atoms with Gasteiger partial charge in [-0.05, 0) is 85.8 Å². The van der Waals surface area contributed by atoms with Crippen LogP contribution in [0, 0.1) is 5.41 Å². The highest BCUT2D eigenvalue weighted by Gasteiger charge is 2.48. The molecule has 4 saturated carbocycles. The Hall–Kier alpha value is -3.99. The van der Waals surface area contributed by atoms with Crippen LogP contribution in [0.3, 0.4) is 0 Å². The number of halogens is 3. The molecule has 42 heavy (non-hydrogen) atoms. The Morgan fingerprint density at radius 1 is 1.00 bits per heavy atom. The monoisotopic (exact) mass is 577 g/mol. The van der Waals surface area contributed by atoms with Crippen LogP contribution in [0.2, 0.25) is 0 Å². The minimum Gasteiger partial charge on any atom is -0.405 e. The number of H-pyrrole nitrogens is 1. The topological polar surface area (TPSA) is 99.0 Å². The van der Waals surface area contributed by atoms with Crippen LogP contribution in [-0.4, -0.2) is 37.7 Å². The number of hydrogen-bond acceptors (Lipinski definition) is 7. The number of benzene rings is 2. The third kappa shape index (κ3) is 5.45. The second-order valence-electron chi connectivity index (χ2n) is 11.7. The van der Waals surface area contributed by atoms with Crippen LogP contribution in [-0.2, 0) is 11.3 Å². The van der Waals surface area contributed by atoms with Crippen LogP contribution in [0.15, 0.2) is 59.1 Å². The van der Waals surface area contributed by atoms with Crippen molar-refractivity contribution in [2.24, 2.45) is 5.41 Å². The Balaban J connectivity index is 1.06. The molecule has 2 heterocycles. The number of nitrogens with one attached hydrogen (secondary N) is 1. The van der Waals surface area contributed by atoms with Crippen LogP contribution in [0.5, 0.6) is 5.75 Å². The van der Waals surface area contributed by atoms with Gasteiger partial charge in [-0.1, -0.05) is 47.6 Å². The highest BCUT2D eigenvalue weighted by Crippen LogP contribution is 2.55. The molecular formula is C31H30F3N5O3. The molecule has 1 N–H and O–H groups in total. The molecule has 11 heteroatoms. The number of allylic oxidation sites excluding steroid dienone is 1. The van der Waals surface area contributed by atoms with Crippen LogP contribution in [0.1, 0.15) is 74.2 Å². The van der Waals surface area contributed by atoms with Gasteiger partial charge in [0.05, 0.1) is 12.2 Å². The van der Waals surface area contributed by atoms with Crippen molar-refractivity contribution in [3.63, 3.8) is 0 Å². The van der Waals surface area contributed by atoms with Crippen molar-refractivity contribution in [1.29, 1.82) is 0 Å². The lowest BCUT2D eigenvalue weighted by atomic mass is 9.58. The molecule has 2 aromatic carbocycles. The Kier molecular flexibility index (Phi) is 6.64. The van der Waals surface area contributed by atoms with E-state index in [0.29, 0.717) is 11.5 Å². The summed E-state index contributed by atoms with van der Waals surface area (Å²) in [5.74, 6) is 1.22. The van der Waals surface area contributed by atoms with Gasteiger partial charge in [0.15, 0.2) is 0 Å². The summed E-state index contributed by atoms with van der Waals surface area (Å²) < 4.78 is 56.1. The van der Waals surface area contributed by atoms with E-state index >= 15 is 0 Å². The molecule has 4 fully saturated rings. The number of aromatic amines is 1. The fraction of sp³-hybridized carbons (Fsp3) is 0.419. The summed E-state index contributed by atoms with van der Waals surface area (Å²) in [4.78, 5) is 0. The van der Waals surface area contributed by atoms with Crippen molar-refractivity contribution in [2.75, 3.05) is 0 Å². The molecule has 0 saturated heterocycles. The molecule has 0 spiro atoms. The van der Waals surface area contributed by atoms with Crippen LogP contribution in [0.4, 0.5) is 13.2 Å². The predicted octanol–water partition coefficient (Wildman–Crippen LogP) is 7.62. The van der Waals surface area contributed by atoms with Gasteiger partial charge < -0.3 is 14.0 Å². The molecule has 0 unspecified atom stereocenters. The van der Waals surface area contributed by atoms with Gasteiger partial charge >= 0.3 is 6.36 Å². The van der Waals surface area contributed by atoms with Gasteiger partial charge in [0.2, 0.25) is 5.82 Å². The number of nitrogens with zero attached hydrogens (tertiary/aromatic N) is 4. The van der Waals surface area contributed by atoms with E-state index < -0.39 is 6.36 Å². The molecule has 4 aliphatic carbocycles. The van der Waals surface area contributed by atoms with Crippen LogP contribution < -0.4 is 4.74 Å². The van der Waals surface area contributed by atoms with E-state index in [4.69, 9.17) is 9.26 Å². The number of hydrogen-bond donors (Lipinski definition) is 1. The van der Waals surface area contributed by atoms with Crippen molar-refractivity contribution in [1.82, 2.24) is 25.8 Å². The average molecular weight is 578 g/mol. The van der Waals surface area contributed by atoms with Crippen molar-refractivity contribution in [3.8, 4) is 28.4 Å². The summed E-state index contributed by atoms with van der Waals surface area (Å²) >= 11 is 0. The van der Waals surface area contributed by atoms with Gasteiger partial charge in [-0.3, -0.25) is 0 Å². The Labute approximate surface area is 240 Å². The number of para-hydroxylation sites is 1. The smallest absolute Gasteiger partial charge is 0.405 e. The van der Waals surface area contributed by atoms with Gasteiger partial charge in [0.25, 0.3) is 0 Å². The molecule has 0 radical (unpaired) electrons. The van der Waals surface area contributed by atoms with E-state index in [9.17, 15) is 13.2 Å². The van der Waals surface area contributed by atoms with Crippen molar-refractivity contribution >= 4 is 6.08 Å². The first-order valence-electron chi connectivity index (χ1n) is 14.3. The van der Waals surface area contributed by atoms with Gasteiger partial charge in [0.1, 0.15) is 17.2 Å². The number of rotatable bonds is 9. The van der Waals surface area contributed by atoms with Gasteiger partial charge in [-0.2, -0.15) is 5.21 Å². The summed E-state index contributed by atoms with van der Waals surface area (Å²) in [6.45, 7) is 0.247. The Bertz CT molecular complexity index is 1570. The van der Waals surface area contributed by atoms with E-state index in [-0.39, 0.29) is 34.9 Å². The maximum absolute atomic E-state index is 13.1. The van der Waals surface area contributed by atoms with Crippen molar-refractivity contribution < 1.29 is 27.2 Å². The molecule has 0 atom stereocenters. The number of aromatic nitrogens is 5. The molecular weight excluding hydrogens is 547 g/mol. The first kappa shape index (κ1) is 26.9. The standard InChI is InChI=1S/C31H30F3N5O3/c32-31(33,34)41-25-7-2-1-6-23(25)26-24(27(42-37-26)21-8-9-21)19-40-30-15-12-29(13-16-30,14-17-30)11-10-20-4-3-5-22(18-20)28-35-38-39-36-28/h1-7,10-11,18,21H,8-9,12-17,19H2,(H,35,36,38,39)/b11-10+. The third-order valence-electron chi connectivity index (χ3n) is 9.01. The zero-order valence-corrected chi connectivity index (χ0v) is 22.9. The zero-order valence-electron chi connectivity index (χ0n) is 22.9. The molecule has 218 valence electrons. The lowest BCUT2D eigenvalue weighted by molar-refractivity contribution is -0.274. The summed E-state index contributed by atoms with van der Waals surface area (Å²) in [7, 11) is 0. The minimum atomic E-state index is -4.81. The van der Waals surface area contributed by atoms with Gasteiger partial charge in [-0.25, -0.2) is 0 Å². The number of fused-ring (bicyclic) bond motifs is 3. The number of tetrazole rings is 1. The quantitative estimate of drug-likeness (QED) is 0.218. The second kappa shape index (κ2) is 10.4. The predicted molar refractivity (Wildman–Crippen MR) is 147 cm³/mol. The Morgan fingerprint density at radius 3 is 2.50 bits per heavy atom. The summed E-state index contributed by atoms with van der Waals surface area (Å²) in [5, 5.41) is 18.5. The van der Waals surface area contributed by atoms with Crippen LogP contribution >= 0.6 is 0 Å². The summed E-state index contributed by atoms with van der Waals surface area (Å²) in [6, 6.07) is 14.1. The summed E-state index contributed by atoms with van der Waals surface area (Å²) in [6.07, 6.45) is 7.50. The fourth-order valence-corrected chi connectivity index (χ4v) is 6.43. The Morgan fingerprint density at radius 2 is 1.79 bits per heavy atom. The lowest BCUT2D eigenvalue weighted by Crippen LogP contribution is -2.46. The van der Waals surface area contributed by atoms with Crippen LogP contribution in [0.25, 0.3) is 28.7 Å². The van der Waals surface area contributed by atoms with Crippen molar-refractivity contribution in [3.05, 3.63) is 71.5 Å². The van der Waals surface area contributed by atoms with Crippen molar-refractivity contribution in [2.45, 2.75) is 75.9 Å². The molecule has 2 aromatic heterocycles. The molecule has 2 bridgehead atoms. The third-order valence-corrected chi connectivity index (χ3v) is 9.01. The number of alkyl halides is 3. The molecule has 0 amide bonds. The van der Waals surface area contributed by atoms with E-state index in [1.54, 1.807) is 12.1 Å². The molecule has 4 aromatic rings. The highest BCUT2D eigenvalue weighted by atomic mass is 19.4. The number of ether oxygens (including phenoxy) is 2. The molecule has 8 nitrogen and oxygen atoms in total. The highest BCUT2D eigenvalue weighted by molar-refractivity contribution is 5.70. The first-order chi connectivity index (χ1) is 20.3. The largest absolute Gasteiger partial charge is 0.573 e. The minimum absolute atomic E-state index is 0.128. The van der Waals surface area contributed by atoms with E-state index in [1.165, 1.54) is 12.1 Å². The lowest BCUT2D eigenvalue weighted by Gasteiger charge is -2.52. The van der Waals surface area contributed by atoms with Gasteiger partial charge in [-0.15, -0.1) is 23.4 Å². The fourth-order valence-electron chi connectivity index (χ4n) is 6.43. The maximum Gasteiger partial charge on any atom is 0.573 e. The van der Waals surface area contributed by atoms with E-state index in [0.717, 1.165) is 73.8 Å². The SMILES string of the molecule is FC(F)(F)Oc1ccccc1-c1noc(C2CC2)c1COC12CCC(/C=C/c3cccc(-c4nn[nH]n4)c3)(CC1)CC2. The maximum atomic E-state index is 13.1. The van der Waals surface area contributed by atoms with E-state index in [1.807, 2.05) is 12.1 Å². The van der Waals surface area contributed by atoms with Gasteiger partial charge in [0, 0.05) is 22.6 Å². The molecule has 8 rings (SSSR count). The molecule has 4 aliphatic rings. The van der Waals surface area contributed by atoms with E-state index in [2.05, 4.69) is 54.8 Å². The molecule has 0 aliphatic heterocycles.